The average Bonchev–Trinajstić information content (AvgIpc) is 3.16. The molecule has 5 nitrogen and oxygen atoms in total. The predicted molar refractivity (Wildman–Crippen MR) is 83.6 cm³/mol. The number of benzene rings is 1. The molecule has 1 amide bonds. The number of halogens is 2. The lowest BCUT2D eigenvalue weighted by atomic mass is 10.1. The van der Waals surface area contributed by atoms with E-state index in [1.165, 1.54) is 12.1 Å². The summed E-state index contributed by atoms with van der Waals surface area (Å²) in [6.07, 6.45) is 0.964. The van der Waals surface area contributed by atoms with Crippen LogP contribution in [0.1, 0.15) is 22.5 Å². The van der Waals surface area contributed by atoms with E-state index in [9.17, 15) is 9.18 Å². The van der Waals surface area contributed by atoms with E-state index in [1.807, 2.05) is 6.07 Å². The fourth-order valence-electron chi connectivity index (χ4n) is 2.78. The van der Waals surface area contributed by atoms with Crippen LogP contribution < -0.4 is 5.32 Å². The number of nitrogens with zero attached hydrogens (tertiary/aromatic N) is 2. The number of hydrogen-bond donors (Lipinski definition) is 1. The minimum atomic E-state index is -0.322. The molecular formula is C16H17ClFN3O2. The van der Waals surface area contributed by atoms with Gasteiger partial charge in [-0.05, 0) is 24.9 Å². The van der Waals surface area contributed by atoms with Crippen molar-refractivity contribution in [3.63, 3.8) is 0 Å². The Morgan fingerprint density at radius 2 is 2.30 bits per heavy atom. The standard InChI is InChI=1S/C16H17ClFN3O2/c17-15-7-14(23-20-15)16(22)19-8-11-5-6-21(9-11)10-12-3-1-2-4-13(12)18/h1-4,7,11H,5-6,8-10H2,(H,19,22)/t11-/m1/s1. The second-order valence-corrected chi connectivity index (χ2v) is 6.09. The molecule has 0 saturated carbocycles. The fraction of sp³-hybridized carbons (Fsp3) is 0.375. The van der Waals surface area contributed by atoms with Crippen LogP contribution in [0.25, 0.3) is 0 Å². The fourth-order valence-corrected chi connectivity index (χ4v) is 2.91. The summed E-state index contributed by atoms with van der Waals surface area (Å²) in [6.45, 7) is 2.86. The Morgan fingerprint density at radius 1 is 1.48 bits per heavy atom. The van der Waals surface area contributed by atoms with Crippen molar-refractivity contribution >= 4 is 17.5 Å². The summed E-state index contributed by atoms with van der Waals surface area (Å²) in [5.74, 6) is -0.0521. The highest BCUT2D eigenvalue weighted by atomic mass is 35.5. The van der Waals surface area contributed by atoms with Crippen LogP contribution in [-0.2, 0) is 6.54 Å². The third kappa shape index (κ3) is 4.09. The van der Waals surface area contributed by atoms with Gasteiger partial charge in [0.05, 0.1) is 0 Å². The third-order valence-electron chi connectivity index (χ3n) is 3.98. The van der Waals surface area contributed by atoms with Gasteiger partial charge >= 0.3 is 0 Å². The minimum Gasteiger partial charge on any atom is -0.349 e. The van der Waals surface area contributed by atoms with Crippen LogP contribution in [0.2, 0.25) is 5.15 Å². The van der Waals surface area contributed by atoms with E-state index >= 15 is 0 Å². The molecule has 7 heteroatoms. The Morgan fingerprint density at radius 3 is 3.04 bits per heavy atom. The molecular weight excluding hydrogens is 321 g/mol. The molecule has 1 N–H and O–H groups in total. The van der Waals surface area contributed by atoms with Crippen LogP contribution in [0, 0.1) is 11.7 Å². The van der Waals surface area contributed by atoms with Crippen LogP contribution in [0.15, 0.2) is 34.9 Å². The van der Waals surface area contributed by atoms with Crippen molar-refractivity contribution in [2.75, 3.05) is 19.6 Å². The number of rotatable bonds is 5. The van der Waals surface area contributed by atoms with Gasteiger partial charge in [-0.3, -0.25) is 9.69 Å². The van der Waals surface area contributed by atoms with E-state index in [1.54, 1.807) is 12.1 Å². The first-order valence-corrected chi connectivity index (χ1v) is 7.86. The Hall–Kier alpha value is -1.92. The van der Waals surface area contributed by atoms with Crippen LogP contribution in [0.4, 0.5) is 4.39 Å². The first-order chi connectivity index (χ1) is 11.1. The predicted octanol–water partition coefficient (Wildman–Crippen LogP) is 2.72. The average molecular weight is 338 g/mol. The van der Waals surface area contributed by atoms with Gasteiger partial charge in [-0.1, -0.05) is 35.0 Å². The molecule has 1 atom stereocenters. The monoisotopic (exact) mass is 337 g/mol. The van der Waals surface area contributed by atoms with E-state index < -0.39 is 0 Å². The molecule has 0 radical (unpaired) electrons. The SMILES string of the molecule is O=C(NC[C@H]1CCN(Cc2ccccc2F)C1)c1cc(Cl)no1. The van der Waals surface area contributed by atoms with Gasteiger partial charge in [0, 0.05) is 31.3 Å². The molecule has 1 aromatic carbocycles. The van der Waals surface area contributed by atoms with Crippen LogP contribution >= 0.6 is 11.6 Å². The highest BCUT2D eigenvalue weighted by molar-refractivity contribution is 6.29. The Bertz CT molecular complexity index is 691. The number of amides is 1. The van der Waals surface area contributed by atoms with Crippen molar-refractivity contribution in [1.82, 2.24) is 15.4 Å². The van der Waals surface area contributed by atoms with Gasteiger partial charge in [0.2, 0.25) is 5.76 Å². The molecule has 23 heavy (non-hydrogen) atoms. The molecule has 0 spiro atoms. The van der Waals surface area contributed by atoms with Crippen molar-refractivity contribution in [3.05, 3.63) is 52.6 Å². The molecule has 1 aliphatic rings. The molecule has 1 aliphatic heterocycles. The van der Waals surface area contributed by atoms with E-state index in [2.05, 4.69) is 15.4 Å². The molecule has 1 fully saturated rings. The van der Waals surface area contributed by atoms with Gasteiger partial charge in [0.1, 0.15) is 5.82 Å². The number of carbonyl (C=O) groups is 1. The second-order valence-electron chi connectivity index (χ2n) is 5.71. The van der Waals surface area contributed by atoms with E-state index in [0.29, 0.717) is 24.6 Å². The van der Waals surface area contributed by atoms with Crippen molar-refractivity contribution < 1.29 is 13.7 Å². The van der Waals surface area contributed by atoms with E-state index in [-0.39, 0.29) is 22.6 Å². The summed E-state index contributed by atoms with van der Waals surface area (Å²) in [5.41, 5.74) is 0.702. The number of nitrogens with one attached hydrogen (secondary N) is 1. The van der Waals surface area contributed by atoms with Crippen molar-refractivity contribution in [2.24, 2.45) is 5.92 Å². The van der Waals surface area contributed by atoms with E-state index in [0.717, 1.165) is 19.5 Å². The zero-order chi connectivity index (χ0) is 16.2. The highest BCUT2D eigenvalue weighted by Gasteiger charge is 2.24. The largest absolute Gasteiger partial charge is 0.349 e. The molecule has 0 bridgehead atoms. The lowest BCUT2D eigenvalue weighted by Crippen LogP contribution is -2.30. The van der Waals surface area contributed by atoms with Crippen molar-refractivity contribution in [2.45, 2.75) is 13.0 Å². The minimum absolute atomic E-state index is 0.108. The zero-order valence-corrected chi connectivity index (χ0v) is 13.2. The molecule has 3 rings (SSSR count). The summed E-state index contributed by atoms with van der Waals surface area (Å²) in [6, 6.07) is 8.20. The van der Waals surface area contributed by atoms with Gasteiger partial charge in [-0.15, -0.1) is 0 Å². The molecule has 1 aromatic heterocycles. The lowest BCUT2D eigenvalue weighted by Gasteiger charge is -2.16. The number of likely N-dealkylation sites (tertiary alicyclic amines) is 1. The number of carbonyl (C=O) groups excluding carboxylic acids is 1. The molecule has 0 aliphatic carbocycles. The van der Waals surface area contributed by atoms with Gasteiger partial charge < -0.3 is 9.84 Å². The highest BCUT2D eigenvalue weighted by Crippen LogP contribution is 2.19. The van der Waals surface area contributed by atoms with Gasteiger partial charge in [0.15, 0.2) is 5.15 Å². The molecule has 2 heterocycles. The van der Waals surface area contributed by atoms with Crippen LogP contribution in [-0.4, -0.2) is 35.6 Å². The molecule has 1 saturated heterocycles. The topological polar surface area (TPSA) is 58.4 Å². The quantitative estimate of drug-likeness (QED) is 0.911. The van der Waals surface area contributed by atoms with Gasteiger partial charge in [0.25, 0.3) is 5.91 Å². The molecule has 2 aromatic rings. The number of hydrogen-bond acceptors (Lipinski definition) is 4. The lowest BCUT2D eigenvalue weighted by molar-refractivity contribution is 0.0910. The van der Waals surface area contributed by atoms with Crippen molar-refractivity contribution in [3.8, 4) is 0 Å². The summed E-state index contributed by atoms with van der Waals surface area (Å²) >= 11 is 5.62. The number of aromatic nitrogens is 1. The maximum Gasteiger partial charge on any atom is 0.289 e. The second kappa shape index (κ2) is 7.10. The summed E-state index contributed by atoms with van der Waals surface area (Å²) in [5, 5.41) is 6.45. The summed E-state index contributed by atoms with van der Waals surface area (Å²) in [4.78, 5) is 14.1. The zero-order valence-electron chi connectivity index (χ0n) is 12.5. The van der Waals surface area contributed by atoms with Gasteiger partial charge in [-0.2, -0.15) is 0 Å². The smallest absolute Gasteiger partial charge is 0.289 e. The van der Waals surface area contributed by atoms with Crippen LogP contribution in [0.3, 0.4) is 0 Å². The summed E-state index contributed by atoms with van der Waals surface area (Å²) < 4.78 is 18.5. The Kier molecular flexibility index (Phi) is 4.93. The first-order valence-electron chi connectivity index (χ1n) is 7.48. The maximum atomic E-state index is 13.7. The maximum absolute atomic E-state index is 13.7. The third-order valence-corrected chi connectivity index (χ3v) is 4.16. The molecule has 0 unspecified atom stereocenters. The van der Waals surface area contributed by atoms with Crippen molar-refractivity contribution in [1.29, 1.82) is 0 Å². The first kappa shape index (κ1) is 16.0. The Labute approximate surface area is 138 Å². The normalized spacial score (nSPS) is 18.3. The molecule has 122 valence electrons. The van der Waals surface area contributed by atoms with Gasteiger partial charge in [-0.25, -0.2) is 4.39 Å². The summed E-state index contributed by atoms with van der Waals surface area (Å²) in [7, 11) is 0. The van der Waals surface area contributed by atoms with E-state index in [4.69, 9.17) is 16.1 Å². The Balaban J connectivity index is 1.47. The van der Waals surface area contributed by atoms with Crippen LogP contribution in [0.5, 0.6) is 0 Å².